The second-order valence-electron chi connectivity index (χ2n) is 7.12. The number of nitrogens with zero attached hydrogens (tertiary/aromatic N) is 1. The molecule has 7 nitrogen and oxygen atoms in total. The van der Waals surface area contributed by atoms with Crippen molar-refractivity contribution in [3.05, 3.63) is 59.2 Å². The Morgan fingerprint density at radius 3 is 2.87 bits per heavy atom. The first-order valence-corrected chi connectivity index (χ1v) is 10.1. The quantitative estimate of drug-likeness (QED) is 0.540. The normalized spacial score (nSPS) is 15.5. The SMILES string of the molecule is CCOc1cc2c(cc1/C=C/C(=O)O[C@H](C)C(=O)Nc1ccccc1C#N)O[C@@H](C)C2. The van der Waals surface area contributed by atoms with Crippen LogP contribution in [0.4, 0.5) is 5.69 Å². The van der Waals surface area contributed by atoms with Gasteiger partial charge in [0.1, 0.15) is 23.7 Å². The van der Waals surface area contributed by atoms with Crippen LogP contribution in [0.5, 0.6) is 11.5 Å². The van der Waals surface area contributed by atoms with Crippen molar-refractivity contribution in [3.8, 4) is 17.6 Å². The van der Waals surface area contributed by atoms with Gasteiger partial charge in [0.25, 0.3) is 5.91 Å². The van der Waals surface area contributed by atoms with Crippen LogP contribution in [0.1, 0.15) is 37.5 Å². The van der Waals surface area contributed by atoms with E-state index in [1.807, 2.05) is 32.0 Å². The second-order valence-corrected chi connectivity index (χ2v) is 7.12. The fourth-order valence-corrected chi connectivity index (χ4v) is 3.21. The van der Waals surface area contributed by atoms with E-state index in [0.717, 1.165) is 17.7 Å². The third kappa shape index (κ3) is 5.43. The maximum absolute atomic E-state index is 12.3. The lowest BCUT2D eigenvalue weighted by Crippen LogP contribution is -2.29. The third-order valence-electron chi connectivity index (χ3n) is 4.69. The molecule has 0 unspecified atom stereocenters. The van der Waals surface area contributed by atoms with Crippen molar-refractivity contribution in [2.75, 3.05) is 11.9 Å². The number of carbonyl (C=O) groups is 2. The summed E-state index contributed by atoms with van der Waals surface area (Å²) in [7, 11) is 0. The molecule has 0 fully saturated rings. The summed E-state index contributed by atoms with van der Waals surface area (Å²) in [5, 5.41) is 11.7. The van der Waals surface area contributed by atoms with E-state index in [0.29, 0.717) is 29.2 Å². The molecule has 0 radical (unpaired) electrons. The molecule has 7 heteroatoms. The number of esters is 1. The zero-order valence-electron chi connectivity index (χ0n) is 17.7. The van der Waals surface area contributed by atoms with Crippen LogP contribution in [-0.4, -0.2) is 30.7 Å². The van der Waals surface area contributed by atoms with Gasteiger partial charge in [0, 0.05) is 23.6 Å². The molecule has 2 aromatic carbocycles. The van der Waals surface area contributed by atoms with E-state index >= 15 is 0 Å². The molecule has 160 valence electrons. The Morgan fingerprint density at radius 1 is 1.35 bits per heavy atom. The van der Waals surface area contributed by atoms with E-state index in [4.69, 9.17) is 19.5 Å². The highest BCUT2D eigenvalue weighted by atomic mass is 16.5. The lowest BCUT2D eigenvalue weighted by molar-refractivity contribution is -0.148. The second kappa shape index (κ2) is 9.81. The predicted octanol–water partition coefficient (Wildman–Crippen LogP) is 3.86. The Labute approximate surface area is 181 Å². The third-order valence-corrected chi connectivity index (χ3v) is 4.69. The predicted molar refractivity (Wildman–Crippen MR) is 116 cm³/mol. The Kier molecular flexibility index (Phi) is 6.93. The van der Waals surface area contributed by atoms with Crippen molar-refractivity contribution in [3.63, 3.8) is 0 Å². The van der Waals surface area contributed by atoms with Gasteiger partial charge in [-0.2, -0.15) is 5.26 Å². The van der Waals surface area contributed by atoms with Crippen molar-refractivity contribution in [1.82, 2.24) is 0 Å². The van der Waals surface area contributed by atoms with E-state index in [-0.39, 0.29) is 6.10 Å². The molecule has 1 heterocycles. The molecule has 1 aliphatic heterocycles. The first-order valence-electron chi connectivity index (χ1n) is 10.1. The zero-order valence-corrected chi connectivity index (χ0v) is 17.7. The average Bonchev–Trinajstić information content (AvgIpc) is 3.11. The van der Waals surface area contributed by atoms with E-state index in [9.17, 15) is 9.59 Å². The summed E-state index contributed by atoms with van der Waals surface area (Å²) >= 11 is 0. The van der Waals surface area contributed by atoms with Gasteiger partial charge in [-0.3, -0.25) is 4.79 Å². The van der Waals surface area contributed by atoms with Crippen LogP contribution >= 0.6 is 0 Å². The van der Waals surface area contributed by atoms with Crippen LogP contribution in [0.3, 0.4) is 0 Å². The number of nitrogens with one attached hydrogen (secondary N) is 1. The number of anilines is 1. The van der Waals surface area contributed by atoms with E-state index < -0.39 is 18.0 Å². The number of rotatable bonds is 7. The number of amides is 1. The molecule has 0 spiro atoms. The minimum Gasteiger partial charge on any atom is -0.493 e. The summed E-state index contributed by atoms with van der Waals surface area (Å²) in [6, 6.07) is 12.4. The number of para-hydroxylation sites is 1. The topological polar surface area (TPSA) is 97.6 Å². The van der Waals surface area contributed by atoms with Gasteiger partial charge in [-0.15, -0.1) is 0 Å². The van der Waals surface area contributed by atoms with Crippen molar-refractivity contribution in [1.29, 1.82) is 5.26 Å². The minimum absolute atomic E-state index is 0.0965. The van der Waals surface area contributed by atoms with Crippen LogP contribution in [0, 0.1) is 11.3 Å². The molecule has 1 amide bonds. The smallest absolute Gasteiger partial charge is 0.331 e. The summed E-state index contributed by atoms with van der Waals surface area (Å²) in [4.78, 5) is 24.6. The fraction of sp³-hybridized carbons (Fsp3) is 0.292. The number of ether oxygens (including phenoxy) is 3. The summed E-state index contributed by atoms with van der Waals surface area (Å²) in [5.41, 5.74) is 2.44. The highest BCUT2D eigenvalue weighted by Crippen LogP contribution is 2.35. The maximum atomic E-state index is 12.3. The zero-order chi connectivity index (χ0) is 22.4. The summed E-state index contributed by atoms with van der Waals surface area (Å²) < 4.78 is 16.7. The number of benzene rings is 2. The Bertz CT molecular complexity index is 1050. The average molecular weight is 420 g/mol. The molecule has 1 aliphatic rings. The molecule has 2 aromatic rings. The van der Waals surface area contributed by atoms with Crippen LogP contribution in [0.2, 0.25) is 0 Å². The Hall–Kier alpha value is -3.79. The van der Waals surface area contributed by atoms with Crippen molar-refractivity contribution in [2.45, 2.75) is 39.4 Å². The maximum Gasteiger partial charge on any atom is 0.331 e. The van der Waals surface area contributed by atoms with Gasteiger partial charge in [-0.1, -0.05) is 12.1 Å². The van der Waals surface area contributed by atoms with Crippen LogP contribution in [0.15, 0.2) is 42.5 Å². The van der Waals surface area contributed by atoms with Gasteiger partial charge in [-0.25, -0.2) is 4.79 Å². The van der Waals surface area contributed by atoms with E-state index in [1.54, 1.807) is 30.3 Å². The lowest BCUT2D eigenvalue weighted by Gasteiger charge is -2.13. The van der Waals surface area contributed by atoms with Gasteiger partial charge in [0.2, 0.25) is 0 Å². The van der Waals surface area contributed by atoms with Crippen LogP contribution < -0.4 is 14.8 Å². The molecule has 0 bridgehead atoms. The molecule has 0 saturated carbocycles. The van der Waals surface area contributed by atoms with Gasteiger partial charge in [0.05, 0.1) is 17.9 Å². The van der Waals surface area contributed by atoms with Crippen molar-refractivity contribution in [2.24, 2.45) is 0 Å². The van der Waals surface area contributed by atoms with E-state index in [1.165, 1.54) is 13.0 Å². The van der Waals surface area contributed by atoms with Gasteiger partial charge in [0.15, 0.2) is 6.10 Å². The highest BCUT2D eigenvalue weighted by Gasteiger charge is 2.22. The van der Waals surface area contributed by atoms with E-state index in [2.05, 4.69) is 5.32 Å². The number of hydrogen-bond donors (Lipinski definition) is 1. The summed E-state index contributed by atoms with van der Waals surface area (Å²) in [6.07, 6.45) is 2.69. The number of hydrogen-bond acceptors (Lipinski definition) is 6. The fourth-order valence-electron chi connectivity index (χ4n) is 3.21. The molecule has 0 aromatic heterocycles. The molecular formula is C24H24N2O5. The van der Waals surface area contributed by atoms with Gasteiger partial charge >= 0.3 is 5.97 Å². The minimum atomic E-state index is -1.04. The molecular weight excluding hydrogens is 396 g/mol. The molecule has 0 saturated heterocycles. The molecule has 31 heavy (non-hydrogen) atoms. The molecule has 3 rings (SSSR count). The largest absolute Gasteiger partial charge is 0.493 e. The lowest BCUT2D eigenvalue weighted by atomic mass is 10.1. The standard InChI is InChI=1S/C24H24N2O5/c1-4-29-21-13-19-11-15(2)30-22(19)12-17(21)9-10-23(27)31-16(3)24(28)26-20-8-6-5-7-18(20)14-25/h5-10,12-13,15-16H,4,11H2,1-3H3,(H,26,28)/b10-9+/t15-,16+/m0/s1. The van der Waals surface area contributed by atoms with Crippen LogP contribution in [0.25, 0.3) is 6.08 Å². The monoisotopic (exact) mass is 420 g/mol. The number of carbonyl (C=O) groups excluding carboxylic acids is 2. The highest BCUT2D eigenvalue weighted by molar-refractivity contribution is 5.97. The number of nitriles is 1. The summed E-state index contributed by atoms with van der Waals surface area (Å²) in [6.45, 7) is 5.84. The Balaban J connectivity index is 1.65. The first kappa shape index (κ1) is 21.9. The van der Waals surface area contributed by atoms with Gasteiger partial charge in [-0.05, 0) is 51.1 Å². The number of fused-ring (bicyclic) bond motifs is 1. The molecule has 1 N–H and O–H groups in total. The molecule has 0 aliphatic carbocycles. The van der Waals surface area contributed by atoms with Gasteiger partial charge < -0.3 is 19.5 Å². The molecule has 2 atom stereocenters. The van der Waals surface area contributed by atoms with Crippen molar-refractivity contribution >= 4 is 23.6 Å². The Morgan fingerprint density at radius 2 is 2.13 bits per heavy atom. The van der Waals surface area contributed by atoms with Crippen molar-refractivity contribution < 1.29 is 23.8 Å². The summed E-state index contributed by atoms with van der Waals surface area (Å²) in [5.74, 6) is 0.225. The first-order chi connectivity index (χ1) is 14.9. The van der Waals surface area contributed by atoms with Crippen LogP contribution in [-0.2, 0) is 20.7 Å².